The van der Waals surface area contributed by atoms with Gasteiger partial charge in [0.2, 0.25) is 0 Å². The Morgan fingerprint density at radius 2 is 2.05 bits per heavy atom. The van der Waals surface area contributed by atoms with Crippen LogP contribution in [0.25, 0.3) is 11.0 Å². The first-order chi connectivity index (χ1) is 9.35. The predicted molar refractivity (Wildman–Crippen MR) is 78.6 cm³/mol. The van der Waals surface area contributed by atoms with Crippen LogP contribution in [0.4, 0.5) is 0 Å². The minimum atomic E-state index is 0.338. The highest BCUT2D eigenvalue weighted by molar-refractivity contribution is 5.74. The van der Waals surface area contributed by atoms with Crippen molar-refractivity contribution in [2.75, 3.05) is 6.54 Å². The van der Waals surface area contributed by atoms with E-state index in [1.54, 1.807) is 12.4 Å². The molecule has 0 aliphatic carbocycles. The molecule has 1 N–H and O–H groups in total. The Bertz CT molecular complexity index is 571. The topological polar surface area (TPSA) is 37.8 Å². The third-order valence-electron chi connectivity index (χ3n) is 3.16. The zero-order chi connectivity index (χ0) is 13.5. The molecule has 3 nitrogen and oxygen atoms in total. The van der Waals surface area contributed by atoms with Crippen LogP contribution in [-0.4, -0.2) is 16.5 Å². The molecular formula is C16H19N3. The Kier molecular flexibility index (Phi) is 4.88. The monoisotopic (exact) mass is 253 g/mol. The third kappa shape index (κ3) is 3.52. The van der Waals surface area contributed by atoms with Crippen molar-refractivity contribution >= 4 is 11.0 Å². The van der Waals surface area contributed by atoms with Crippen molar-refractivity contribution in [3.8, 4) is 12.3 Å². The van der Waals surface area contributed by atoms with E-state index < -0.39 is 0 Å². The van der Waals surface area contributed by atoms with Crippen LogP contribution in [0.5, 0.6) is 0 Å². The summed E-state index contributed by atoms with van der Waals surface area (Å²) in [7, 11) is 0. The summed E-state index contributed by atoms with van der Waals surface area (Å²) in [6.07, 6.45) is 11.7. The van der Waals surface area contributed by atoms with Gasteiger partial charge >= 0.3 is 0 Å². The van der Waals surface area contributed by atoms with E-state index >= 15 is 0 Å². The second-order valence-electron chi connectivity index (χ2n) is 4.51. The van der Waals surface area contributed by atoms with Gasteiger partial charge in [-0.25, -0.2) is 0 Å². The number of benzene rings is 1. The maximum Gasteiger partial charge on any atom is 0.0890 e. The molecule has 0 amide bonds. The lowest BCUT2D eigenvalue weighted by molar-refractivity contribution is 0.502. The first kappa shape index (κ1) is 13.5. The van der Waals surface area contributed by atoms with Gasteiger partial charge in [0, 0.05) is 24.9 Å². The second kappa shape index (κ2) is 6.86. The Balaban J connectivity index is 2.20. The number of rotatable bonds is 6. The van der Waals surface area contributed by atoms with Gasteiger partial charge in [-0.1, -0.05) is 13.0 Å². The van der Waals surface area contributed by atoms with E-state index in [1.165, 1.54) is 5.56 Å². The molecule has 2 aromatic rings. The fourth-order valence-electron chi connectivity index (χ4n) is 2.24. The summed E-state index contributed by atoms with van der Waals surface area (Å²) in [6.45, 7) is 3.06. The Labute approximate surface area is 114 Å². The van der Waals surface area contributed by atoms with E-state index in [9.17, 15) is 0 Å². The number of hydrogen-bond acceptors (Lipinski definition) is 3. The summed E-state index contributed by atoms with van der Waals surface area (Å²) < 4.78 is 0. The van der Waals surface area contributed by atoms with Crippen molar-refractivity contribution in [1.29, 1.82) is 0 Å². The highest BCUT2D eigenvalue weighted by atomic mass is 14.9. The molecule has 0 fully saturated rings. The Morgan fingerprint density at radius 1 is 1.26 bits per heavy atom. The maximum atomic E-state index is 5.31. The summed E-state index contributed by atoms with van der Waals surface area (Å²) in [4.78, 5) is 8.65. The van der Waals surface area contributed by atoms with Crippen molar-refractivity contribution in [3.05, 3.63) is 36.2 Å². The highest BCUT2D eigenvalue weighted by Gasteiger charge is 2.10. The fourth-order valence-corrected chi connectivity index (χ4v) is 2.24. The van der Waals surface area contributed by atoms with E-state index in [2.05, 4.69) is 40.3 Å². The average molecular weight is 253 g/mol. The fraction of sp³-hybridized carbons (Fsp3) is 0.375. The van der Waals surface area contributed by atoms with Crippen LogP contribution in [0.15, 0.2) is 30.6 Å². The van der Waals surface area contributed by atoms with Crippen molar-refractivity contribution in [2.45, 2.75) is 32.2 Å². The van der Waals surface area contributed by atoms with E-state index in [1.807, 2.05) is 6.07 Å². The zero-order valence-corrected chi connectivity index (χ0v) is 11.3. The van der Waals surface area contributed by atoms with Gasteiger partial charge in [0.25, 0.3) is 0 Å². The Morgan fingerprint density at radius 3 is 2.79 bits per heavy atom. The molecule has 0 bridgehead atoms. The molecule has 1 unspecified atom stereocenters. The molecule has 19 heavy (non-hydrogen) atoms. The average Bonchev–Trinajstić information content (AvgIpc) is 2.46. The summed E-state index contributed by atoms with van der Waals surface area (Å²) in [5.41, 5.74) is 3.14. The maximum absolute atomic E-state index is 5.31. The number of terminal acetylenes is 1. The molecule has 0 saturated heterocycles. The molecule has 0 aliphatic rings. The summed E-state index contributed by atoms with van der Waals surface area (Å²) in [6, 6.07) is 6.61. The van der Waals surface area contributed by atoms with E-state index in [-0.39, 0.29) is 0 Å². The van der Waals surface area contributed by atoms with Gasteiger partial charge in [0.05, 0.1) is 11.0 Å². The summed E-state index contributed by atoms with van der Waals surface area (Å²) in [5.74, 6) is 2.70. The van der Waals surface area contributed by atoms with Crippen molar-refractivity contribution in [3.63, 3.8) is 0 Å². The molecule has 1 aromatic heterocycles. The highest BCUT2D eigenvalue weighted by Crippen LogP contribution is 2.22. The predicted octanol–water partition coefficient (Wildman–Crippen LogP) is 3.08. The van der Waals surface area contributed by atoms with Gasteiger partial charge in [-0.15, -0.1) is 12.3 Å². The van der Waals surface area contributed by atoms with E-state index in [0.29, 0.717) is 6.04 Å². The lowest BCUT2D eigenvalue weighted by Gasteiger charge is -2.18. The smallest absolute Gasteiger partial charge is 0.0890 e. The lowest BCUT2D eigenvalue weighted by atomic mass is 10.0. The van der Waals surface area contributed by atoms with Gasteiger partial charge in [-0.2, -0.15) is 0 Å². The van der Waals surface area contributed by atoms with Gasteiger partial charge in [0.15, 0.2) is 0 Å². The standard InChI is InChI=1S/C16H19N3/c1-3-5-6-7-14(17-4-2)13-8-9-15-16(12-13)19-11-10-18-15/h1,8-12,14,17H,4-7H2,2H3. The van der Waals surface area contributed by atoms with Crippen molar-refractivity contribution in [1.82, 2.24) is 15.3 Å². The molecule has 2 rings (SSSR count). The number of unbranched alkanes of at least 4 members (excludes halogenated alkanes) is 1. The minimum absolute atomic E-state index is 0.338. The van der Waals surface area contributed by atoms with E-state index in [4.69, 9.17) is 6.42 Å². The molecule has 98 valence electrons. The summed E-state index contributed by atoms with van der Waals surface area (Å²) >= 11 is 0. The Hall–Kier alpha value is -1.92. The van der Waals surface area contributed by atoms with Gasteiger partial charge < -0.3 is 5.32 Å². The SMILES string of the molecule is C#CCCCC(NCC)c1ccc2nccnc2c1. The lowest BCUT2D eigenvalue weighted by Crippen LogP contribution is -2.20. The summed E-state index contributed by atoms with van der Waals surface area (Å²) in [5, 5.41) is 3.51. The van der Waals surface area contributed by atoms with Gasteiger partial charge in [-0.05, 0) is 37.1 Å². The number of aromatic nitrogens is 2. The molecule has 0 saturated carbocycles. The van der Waals surface area contributed by atoms with Crippen LogP contribution in [0.2, 0.25) is 0 Å². The minimum Gasteiger partial charge on any atom is -0.310 e. The molecule has 3 heteroatoms. The van der Waals surface area contributed by atoms with Gasteiger partial charge in [-0.3, -0.25) is 9.97 Å². The van der Waals surface area contributed by atoms with Crippen molar-refractivity contribution in [2.24, 2.45) is 0 Å². The molecule has 0 aliphatic heterocycles. The second-order valence-corrected chi connectivity index (χ2v) is 4.51. The van der Waals surface area contributed by atoms with Crippen molar-refractivity contribution < 1.29 is 0 Å². The van der Waals surface area contributed by atoms with Crippen LogP contribution in [0.1, 0.15) is 37.8 Å². The molecule has 1 heterocycles. The van der Waals surface area contributed by atoms with Crippen LogP contribution in [0, 0.1) is 12.3 Å². The molecule has 1 aromatic carbocycles. The molecule has 0 spiro atoms. The molecule has 0 radical (unpaired) electrons. The van der Waals surface area contributed by atoms with Crippen LogP contribution >= 0.6 is 0 Å². The number of hydrogen-bond donors (Lipinski definition) is 1. The number of fused-ring (bicyclic) bond motifs is 1. The molecular weight excluding hydrogens is 234 g/mol. The zero-order valence-electron chi connectivity index (χ0n) is 11.3. The quantitative estimate of drug-likeness (QED) is 0.635. The number of nitrogens with one attached hydrogen (secondary N) is 1. The van der Waals surface area contributed by atoms with Crippen LogP contribution < -0.4 is 5.32 Å². The first-order valence-electron chi connectivity index (χ1n) is 6.72. The van der Waals surface area contributed by atoms with Gasteiger partial charge in [0.1, 0.15) is 0 Å². The first-order valence-corrected chi connectivity index (χ1v) is 6.72. The normalized spacial score (nSPS) is 12.2. The largest absolute Gasteiger partial charge is 0.310 e. The molecule has 1 atom stereocenters. The van der Waals surface area contributed by atoms with E-state index in [0.717, 1.165) is 36.8 Å². The number of nitrogens with zero attached hydrogens (tertiary/aromatic N) is 2. The van der Waals surface area contributed by atoms with Crippen LogP contribution in [0.3, 0.4) is 0 Å². The van der Waals surface area contributed by atoms with Crippen LogP contribution in [-0.2, 0) is 0 Å². The third-order valence-corrected chi connectivity index (χ3v) is 3.16.